The molecule has 2 aromatic rings. The minimum absolute atomic E-state index is 0. The summed E-state index contributed by atoms with van der Waals surface area (Å²) in [6.07, 6.45) is 3.77. The van der Waals surface area contributed by atoms with Crippen molar-refractivity contribution in [2.24, 2.45) is 10.9 Å². The van der Waals surface area contributed by atoms with Gasteiger partial charge in [0.1, 0.15) is 0 Å². The van der Waals surface area contributed by atoms with Crippen molar-refractivity contribution < 1.29 is 4.52 Å². The lowest BCUT2D eigenvalue weighted by Crippen LogP contribution is -2.39. The highest BCUT2D eigenvalue weighted by molar-refractivity contribution is 14.0. The molecule has 2 N–H and O–H groups in total. The van der Waals surface area contributed by atoms with Crippen molar-refractivity contribution >= 4 is 29.9 Å². The van der Waals surface area contributed by atoms with Crippen molar-refractivity contribution in [1.82, 2.24) is 25.6 Å². The molecule has 0 saturated heterocycles. The molecule has 0 radical (unpaired) electrons. The molecule has 8 heteroatoms. The molecule has 0 amide bonds. The molecule has 1 unspecified atom stereocenters. The van der Waals surface area contributed by atoms with E-state index in [2.05, 4.69) is 46.7 Å². The molecule has 0 saturated carbocycles. The molecule has 2 heterocycles. The van der Waals surface area contributed by atoms with Gasteiger partial charge in [0.05, 0.1) is 12.2 Å². The third kappa shape index (κ3) is 6.50. The highest BCUT2D eigenvalue weighted by Crippen LogP contribution is 2.13. The van der Waals surface area contributed by atoms with Crippen LogP contribution in [0.15, 0.2) is 34.0 Å². The van der Waals surface area contributed by atoms with E-state index in [1.54, 1.807) is 13.2 Å². The third-order valence-electron chi connectivity index (χ3n) is 3.50. The standard InChI is InChI=1S/C16H26N6O.HI/c1-12(2)15-8-14(23-21-15)10-19-16(17-4)18-9-13(3)11-22-7-5-6-20-22;/h5-8,12-13H,9-11H2,1-4H3,(H2,17,18,19);1H. The topological polar surface area (TPSA) is 80.3 Å². The van der Waals surface area contributed by atoms with E-state index in [1.807, 2.05) is 23.0 Å². The highest BCUT2D eigenvalue weighted by atomic mass is 127. The van der Waals surface area contributed by atoms with Crippen molar-refractivity contribution in [2.75, 3.05) is 13.6 Å². The van der Waals surface area contributed by atoms with E-state index >= 15 is 0 Å². The first-order valence-corrected chi connectivity index (χ1v) is 7.96. The van der Waals surface area contributed by atoms with Gasteiger partial charge in [-0.1, -0.05) is 25.9 Å². The summed E-state index contributed by atoms with van der Waals surface area (Å²) in [6.45, 7) is 8.61. The van der Waals surface area contributed by atoms with Crippen molar-refractivity contribution in [3.8, 4) is 0 Å². The van der Waals surface area contributed by atoms with Gasteiger partial charge in [0, 0.05) is 38.6 Å². The lowest BCUT2D eigenvalue weighted by atomic mass is 10.1. The first kappa shape index (κ1) is 20.5. The Hall–Kier alpha value is -1.58. The average Bonchev–Trinajstić information content (AvgIpc) is 3.18. The Balaban J connectivity index is 0.00000288. The second kappa shape index (κ2) is 10.3. The summed E-state index contributed by atoms with van der Waals surface area (Å²) in [5.41, 5.74) is 0.970. The van der Waals surface area contributed by atoms with Crippen LogP contribution in [0.1, 0.15) is 38.1 Å². The molecule has 24 heavy (non-hydrogen) atoms. The molecule has 0 spiro atoms. The molecule has 0 aliphatic heterocycles. The van der Waals surface area contributed by atoms with E-state index in [1.165, 1.54) is 0 Å². The van der Waals surface area contributed by atoms with Gasteiger partial charge in [-0.15, -0.1) is 24.0 Å². The fourth-order valence-corrected chi connectivity index (χ4v) is 2.14. The lowest BCUT2D eigenvalue weighted by Gasteiger charge is -2.15. The second-order valence-electron chi connectivity index (χ2n) is 6.01. The van der Waals surface area contributed by atoms with Crippen LogP contribution in [0.25, 0.3) is 0 Å². The predicted octanol–water partition coefficient (Wildman–Crippen LogP) is 2.61. The summed E-state index contributed by atoms with van der Waals surface area (Å²) in [5.74, 6) is 2.36. The van der Waals surface area contributed by atoms with Crippen LogP contribution in [0.3, 0.4) is 0 Å². The van der Waals surface area contributed by atoms with E-state index < -0.39 is 0 Å². The molecule has 2 aromatic heterocycles. The van der Waals surface area contributed by atoms with Crippen LogP contribution < -0.4 is 10.6 Å². The average molecular weight is 446 g/mol. The van der Waals surface area contributed by atoms with Crippen LogP contribution in [0.4, 0.5) is 0 Å². The fourth-order valence-electron chi connectivity index (χ4n) is 2.14. The Bertz CT molecular complexity index is 608. The summed E-state index contributed by atoms with van der Waals surface area (Å²) in [6, 6.07) is 3.91. The first-order chi connectivity index (χ1) is 11.1. The van der Waals surface area contributed by atoms with Crippen LogP contribution in [0.2, 0.25) is 0 Å². The zero-order valence-electron chi connectivity index (χ0n) is 14.7. The van der Waals surface area contributed by atoms with E-state index in [0.717, 1.165) is 30.5 Å². The van der Waals surface area contributed by atoms with Crippen LogP contribution in [-0.2, 0) is 13.1 Å². The molecule has 2 rings (SSSR count). The fraction of sp³-hybridized carbons (Fsp3) is 0.562. The number of nitrogens with zero attached hydrogens (tertiary/aromatic N) is 4. The zero-order chi connectivity index (χ0) is 16.7. The van der Waals surface area contributed by atoms with Crippen molar-refractivity contribution in [3.63, 3.8) is 0 Å². The SMILES string of the molecule is CN=C(NCc1cc(C(C)C)no1)NCC(C)Cn1cccn1.I. The van der Waals surface area contributed by atoms with Gasteiger partial charge < -0.3 is 15.2 Å². The number of hydrogen-bond donors (Lipinski definition) is 2. The smallest absolute Gasteiger partial charge is 0.191 e. The van der Waals surface area contributed by atoms with E-state index in [0.29, 0.717) is 18.4 Å². The number of aromatic nitrogens is 3. The monoisotopic (exact) mass is 446 g/mol. The van der Waals surface area contributed by atoms with E-state index in [9.17, 15) is 0 Å². The largest absolute Gasteiger partial charge is 0.359 e. The third-order valence-corrected chi connectivity index (χ3v) is 3.50. The second-order valence-corrected chi connectivity index (χ2v) is 6.01. The quantitative estimate of drug-likeness (QED) is 0.389. The summed E-state index contributed by atoms with van der Waals surface area (Å²) >= 11 is 0. The lowest BCUT2D eigenvalue weighted by molar-refractivity contribution is 0.371. The maximum Gasteiger partial charge on any atom is 0.191 e. The van der Waals surface area contributed by atoms with Gasteiger partial charge in [0.25, 0.3) is 0 Å². The van der Waals surface area contributed by atoms with Crippen molar-refractivity contribution in [2.45, 2.75) is 39.8 Å². The molecule has 0 aliphatic rings. The van der Waals surface area contributed by atoms with Gasteiger partial charge in [-0.3, -0.25) is 9.67 Å². The number of guanidine groups is 1. The van der Waals surface area contributed by atoms with Crippen molar-refractivity contribution in [1.29, 1.82) is 0 Å². The summed E-state index contributed by atoms with van der Waals surface area (Å²) < 4.78 is 7.24. The van der Waals surface area contributed by atoms with Gasteiger partial charge >= 0.3 is 0 Å². The molecular formula is C16H27IN6O. The zero-order valence-corrected chi connectivity index (χ0v) is 17.0. The predicted molar refractivity (Wildman–Crippen MR) is 106 cm³/mol. The van der Waals surface area contributed by atoms with Gasteiger partial charge in [-0.05, 0) is 17.9 Å². The Morgan fingerprint density at radius 3 is 2.71 bits per heavy atom. The van der Waals surface area contributed by atoms with Gasteiger partial charge in [-0.25, -0.2) is 0 Å². The number of aliphatic imine (C=N–C) groups is 1. The molecule has 0 aromatic carbocycles. The number of nitrogens with one attached hydrogen (secondary N) is 2. The summed E-state index contributed by atoms with van der Waals surface area (Å²) in [5, 5.41) is 14.8. The molecule has 0 aliphatic carbocycles. The normalized spacial score (nSPS) is 12.8. The molecule has 134 valence electrons. The van der Waals surface area contributed by atoms with Gasteiger partial charge in [0.2, 0.25) is 0 Å². The molecule has 7 nitrogen and oxygen atoms in total. The van der Waals surface area contributed by atoms with Crippen LogP contribution in [0.5, 0.6) is 0 Å². The van der Waals surface area contributed by atoms with E-state index in [-0.39, 0.29) is 24.0 Å². The Labute approximate surface area is 160 Å². The Morgan fingerprint density at radius 1 is 1.33 bits per heavy atom. The Kier molecular flexibility index (Phi) is 8.80. The maximum atomic E-state index is 5.31. The van der Waals surface area contributed by atoms with E-state index in [4.69, 9.17) is 4.52 Å². The highest BCUT2D eigenvalue weighted by Gasteiger charge is 2.09. The summed E-state index contributed by atoms with van der Waals surface area (Å²) in [7, 11) is 1.76. The van der Waals surface area contributed by atoms with Gasteiger partial charge in [-0.2, -0.15) is 5.10 Å². The van der Waals surface area contributed by atoms with Crippen LogP contribution >= 0.6 is 24.0 Å². The van der Waals surface area contributed by atoms with Crippen molar-refractivity contribution in [3.05, 3.63) is 36.0 Å². The molecule has 1 atom stereocenters. The minimum atomic E-state index is 0. The number of rotatable bonds is 7. The van der Waals surface area contributed by atoms with Crippen LogP contribution in [-0.4, -0.2) is 34.5 Å². The number of halogens is 1. The summed E-state index contributed by atoms with van der Waals surface area (Å²) in [4.78, 5) is 4.22. The maximum absolute atomic E-state index is 5.31. The molecule has 0 bridgehead atoms. The van der Waals surface area contributed by atoms with Gasteiger partial charge in [0.15, 0.2) is 11.7 Å². The minimum Gasteiger partial charge on any atom is -0.359 e. The number of hydrogen-bond acceptors (Lipinski definition) is 4. The molecular weight excluding hydrogens is 419 g/mol. The first-order valence-electron chi connectivity index (χ1n) is 7.96. The van der Waals surface area contributed by atoms with Crippen LogP contribution in [0, 0.1) is 5.92 Å². The Morgan fingerprint density at radius 2 is 2.12 bits per heavy atom. The molecule has 0 fully saturated rings.